The van der Waals surface area contributed by atoms with Gasteiger partial charge in [0, 0.05) is 5.56 Å². The van der Waals surface area contributed by atoms with E-state index in [4.69, 9.17) is 4.42 Å². The summed E-state index contributed by atoms with van der Waals surface area (Å²) < 4.78 is 5.67. The van der Waals surface area contributed by atoms with Crippen molar-refractivity contribution in [3.8, 4) is 11.3 Å². The molecule has 2 aromatic rings. The van der Waals surface area contributed by atoms with Gasteiger partial charge in [-0.05, 0) is 36.6 Å². The summed E-state index contributed by atoms with van der Waals surface area (Å²) in [5.41, 5.74) is 2.07. The predicted molar refractivity (Wildman–Crippen MR) is 116 cm³/mol. The Kier molecular flexibility index (Phi) is 9.77. The van der Waals surface area contributed by atoms with Crippen LogP contribution >= 0.6 is 0 Å². The number of hydrogen-bond donors (Lipinski definition) is 3. The van der Waals surface area contributed by atoms with Crippen LogP contribution in [-0.2, 0) is 16.0 Å². The average Bonchev–Trinajstić information content (AvgIpc) is 3.28. The number of hydroxylamine groups is 2. The van der Waals surface area contributed by atoms with Gasteiger partial charge in [0.25, 0.3) is 5.91 Å². The maximum Gasteiger partial charge on any atom is 0.288 e. The van der Waals surface area contributed by atoms with Gasteiger partial charge in [-0.3, -0.25) is 19.6 Å². The molecule has 8 heteroatoms. The average molecular weight is 430 g/mol. The van der Waals surface area contributed by atoms with Crippen LogP contribution in [0.4, 0.5) is 0 Å². The molecule has 1 aromatic heterocycles. The van der Waals surface area contributed by atoms with Gasteiger partial charge in [-0.2, -0.15) is 0 Å². The van der Waals surface area contributed by atoms with Crippen molar-refractivity contribution in [2.24, 2.45) is 5.92 Å². The van der Waals surface area contributed by atoms with E-state index in [1.165, 1.54) is 5.56 Å². The second-order valence-corrected chi connectivity index (χ2v) is 7.36. The zero-order chi connectivity index (χ0) is 22.6. The van der Waals surface area contributed by atoms with Crippen molar-refractivity contribution >= 4 is 18.2 Å². The monoisotopic (exact) mass is 429 g/mol. The maximum atomic E-state index is 12.4. The SMILES string of the molecule is CCCCCC(CN(O)C=O)C(=O)NCNC(=O)c1ccc(-c2cccc(CC)c2)o1. The number of nitrogens with zero attached hydrogens (tertiary/aromatic N) is 1. The molecule has 3 amide bonds. The molecule has 0 spiro atoms. The first-order valence-corrected chi connectivity index (χ1v) is 10.6. The first kappa shape index (κ1) is 24.1. The molecule has 0 saturated carbocycles. The third-order valence-corrected chi connectivity index (χ3v) is 5.02. The van der Waals surface area contributed by atoms with Crippen LogP contribution in [0.15, 0.2) is 40.8 Å². The number of rotatable bonds is 13. The molecule has 1 heterocycles. The first-order valence-electron chi connectivity index (χ1n) is 10.6. The Morgan fingerprint density at radius 3 is 2.68 bits per heavy atom. The van der Waals surface area contributed by atoms with E-state index in [9.17, 15) is 19.6 Å². The van der Waals surface area contributed by atoms with Crippen molar-refractivity contribution in [3.63, 3.8) is 0 Å². The van der Waals surface area contributed by atoms with Crippen LogP contribution in [0.25, 0.3) is 11.3 Å². The lowest BCUT2D eigenvalue weighted by molar-refractivity contribution is -0.154. The van der Waals surface area contributed by atoms with Crippen LogP contribution < -0.4 is 10.6 Å². The molecule has 0 fully saturated rings. The Morgan fingerprint density at radius 1 is 1.16 bits per heavy atom. The van der Waals surface area contributed by atoms with Crippen molar-refractivity contribution < 1.29 is 24.0 Å². The van der Waals surface area contributed by atoms with Crippen molar-refractivity contribution in [1.29, 1.82) is 0 Å². The number of aryl methyl sites for hydroxylation is 1. The Labute approximate surface area is 182 Å². The van der Waals surface area contributed by atoms with Crippen molar-refractivity contribution in [1.82, 2.24) is 15.7 Å². The van der Waals surface area contributed by atoms with E-state index in [2.05, 4.69) is 24.5 Å². The van der Waals surface area contributed by atoms with Gasteiger partial charge in [-0.25, -0.2) is 5.06 Å². The quantitative estimate of drug-likeness (QED) is 0.149. The molecule has 3 N–H and O–H groups in total. The lowest BCUT2D eigenvalue weighted by Crippen LogP contribution is -2.42. The Hall–Kier alpha value is -3.13. The maximum absolute atomic E-state index is 12.4. The fraction of sp³-hybridized carbons (Fsp3) is 0.435. The summed E-state index contributed by atoms with van der Waals surface area (Å²) in [5.74, 6) is -0.601. The Morgan fingerprint density at radius 2 is 1.97 bits per heavy atom. The molecule has 168 valence electrons. The Balaban J connectivity index is 1.89. The molecular formula is C23H31N3O5. The molecule has 0 aliphatic carbocycles. The van der Waals surface area contributed by atoms with Crippen LogP contribution in [-0.4, -0.2) is 41.7 Å². The number of hydrogen-bond acceptors (Lipinski definition) is 5. The van der Waals surface area contributed by atoms with Crippen LogP contribution in [0.2, 0.25) is 0 Å². The topological polar surface area (TPSA) is 112 Å². The highest BCUT2D eigenvalue weighted by atomic mass is 16.5. The second kappa shape index (κ2) is 12.5. The highest BCUT2D eigenvalue weighted by Gasteiger charge is 2.21. The van der Waals surface area contributed by atoms with Crippen LogP contribution in [0.5, 0.6) is 0 Å². The zero-order valence-electron chi connectivity index (χ0n) is 18.1. The summed E-state index contributed by atoms with van der Waals surface area (Å²) in [4.78, 5) is 35.4. The summed E-state index contributed by atoms with van der Waals surface area (Å²) in [6.45, 7) is 3.94. The van der Waals surface area contributed by atoms with Crippen molar-refractivity contribution in [2.75, 3.05) is 13.2 Å². The third-order valence-electron chi connectivity index (χ3n) is 5.02. The van der Waals surface area contributed by atoms with Crippen LogP contribution in [0.1, 0.15) is 55.6 Å². The molecular weight excluding hydrogens is 398 g/mol. The summed E-state index contributed by atoms with van der Waals surface area (Å²) in [6.07, 6.45) is 4.47. The molecule has 0 aliphatic rings. The van der Waals surface area contributed by atoms with Gasteiger partial charge in [-0.15, -0.1) is 0 Å². The molecule has 1 atom stereocenters. The van der Waals surface area contributed by atoms with Crippen LogP contribution in [0.3, 0.4) is 0 Å². The normalized spacial score (nSPS) is 11.6. The molecule has 31 heavy (non-hydrogen) atoms. The van der Waals surface area contributed by atoms with E-state index in [0.29, 0.717) is 17.2 Å². The molecule has 0 saturated heterocycles. The molecule has 0 radical (unpaired) electrons. The smallest absolute Gasteiger partial charge is 0.288 e. The largest absolute Gasteiger partial charge is 0.451 e. The van der Waals surface area contributed by atoms with Crippen molar-refractivity contribution in [3.05, 3.63) is 47.7 Å². The van der Waals surface area contributed by atoms with E-state index < -0.39 is 11.8 Å². The third kappa shape index (κ3) is 7.57. The van der Waals surface area contributed by atoms with Crippen LogP contribution in [0, 0.1) is 5.92 Å². The number of nitrogens with one attached hydrogen (secondary N) is 2. The van der Waals surface area contributed by atoms with Gasteiger partial charge < -0.3 is 15.1 Å². The van der Waals surface area contributed by atoms with E-state index >= 15 is 0 Å². The number of amides is 3. The minimum Gasteiger partial charge on any atom is -0.451 e. The standard InChI is InChI=1S/C23H31N3O5/c1-3-5-6-9-19(14-26(30)16-27)22(28)24-15-25-23(29)21-12-11-20(31-21)18-10-7-8-17(4-2)13-18/h7-8,10-13,16,19,30H,3-6,9,14-15H2,1-2H3,(H,24,28)(H,25,29). The van der Waals surface area contributed by atoms with Gasteiger partial charge in [0.2, 0.25) is 12.3 Å². The summed E-state index contributed by atoms with van der Waals surface area (Å²) in [5, 5.41) is 15.1. The van der Waals surface area contributed by atoms with E-state index in [1.807, 2.05) is 24.3 Å². The Bertz CT molecular complexity index is 864. The van der Waals surface area contributed by atoms with Gasteiger partial charge >= 0.3 is 0 Å². The van der Waals surface area contributed by atoms with Crippen molar-refractivity contribution in [2.45, 2.75) is 46.0 Å². The van der Waals surface area contributed by atoms with Gasteiger partial charge in [0.1, 0.15) is 5.76 Å². The number of carbonyl (C=O) groups excluding carboxylic acids is 3. The molecule has 0 bridgehead atoms. The number of carbonyl (C=O) groups is 3. The van der Waals surface area contributed by atoms with E-state index in [1.54, 1.807) is 12.1 Å². The fourth-order valence-corrected chi connectivity index (χ4v) is 3.22. The van der Waals surface area contributed by atoms with Gasteiger partial charge in [0.15, 0.2) is 5.76 Å². The number of furan rings is 1. The minimum absolute atomic E-state index is 0.0875. The molecule has 8 nitrogen and oxygen atoms in total. The van der Waals surface area contributed by atoms with E-state index in [0.717, 1.165) is 31.2 Å². The second-order valence-electron chi connectivity index (χ2n) is 7.36. The van der Waals surface area contributed by atoms with Gasteiger partial charge in [-0.1, -0.05) is 51.3 Å². The lowest BCUT2D eigenvalue weighted by Gasteiger charge is -2.19. The number of unbranched alkanes of at least 4 members (excludes halogenated alkanes) is 2. The number of benzene rings is 1. The summed E-state index contributed by atoms with van der Waals surface area (Å²) >= 11 is 0. The van der Waals surface area contributed by atoms with Gasteiger partial charge in [0.05, 0.1) is 19.1 Å². The first-order chi connectivity index (χ1) is 15.0. The molecule has 1 aromatic carbocycles. The molecule has 0 aliphatic heterocycles. The predicted octanol–water partition coefficient (Wildman–Crippen LogP) is 3.36. The lowest BCUT2D eigenvalue weighted by atomic mass is 10.0. The summed E-state index contributed by atoms with van der Waals surface area (Å²) in [6, 6.07) is 11.2. The molecule has 1 unspecified atom stereocenters. The zero-order valence-corrected chi connectivity index (χ0v) is 18.1. The highest BCUT2D eigenvalue weighted by Crippen LogP contribution is 2.23. The highest BCUT2D eigenvalue weighted by molar-refractivity contribution is 5.92. The molecule has 2 rings (SSSR count). The fourth-order valence-electron chi connectivity index (χ4n) is 3.22. The summed E-state index contributed by atoms with van der Waals surface area (Å²) in [7, 11) is 0. The van der Waals surface area contributed by atoms with E-state index in [-0.39, 0.29) is 31.3 Å². The minimum atomic E-state index is -0.556.